The molecule has 1 heterocycles. The van der Waals surface area contributed by atoms with Gasteiger partial charge in [0, 0.05) is 9.75 Å². The van der Waals surface area contributed by atoms with Crippen molar-refractivity contribution in [3.8, 4) is 21.6 Å². The first-order valence-corrected chi connectivity index (χ1v) is 9.40. The zero-order valence-corrected chi connectivity index (χ0v) is 14.8. The fourth-order valence-electron chi connectivity index (χ4n) is 2.89. The molecule has 2 aromatic carbocycles. The van der Waals surface area contributed by atoms with Gasteiger partial charge in [-0.3, -0.25) is 0 Å². The van der Waals surface area contributed by atoms with E-state index in [0.29, 0.717) is 0 Å². The Balaban J connectivity index is 1.78. The van der Waals surface area contributed by atoms with Crippen LogP contribution in [-0.2, 0) is 12.8 Å². The molecule has 0 spiro atoms. The van der Waals surface area contributed by atoms with Crippen LogP contribution in [0.4, 0.5) is 0 Å². The highest BCUT2D eigenvalue weighted by atomic mass is 32.1. The molecule has 23 heavy (non-hydrogen) atoms. The molecule has 0 saturated carbocycles. The van der Waals surface area contributed by atoms with Crippen molar-refractivity contribution in [2.75, 3.05) is 0 Å². The molecule has 0 saturated heterocycles. The fraction of sp³-hybridized carbons (Fsp3) is 0.273. The van der Waals surface area contributed by atoms with Crippen LogP contribution in [0.5, 0.6) is 0 Å². The molecule has 0 aliphatic rings. The summed E-state index contributed by atoms with van der Waals surface area (Å²) in [7, 11) is 0. The van der Waals surface area contributed by atoms with Gasteiger partial charge >= 0.3 is 0 Å². The highest BCUT2D eigenvalue weighted by Gasteiger charge is 2.04. The van der Waals surface area contributed by atoms with Gasteiger partial charge in [0.1, 0.15) is 0 Å². The summed E-state index contributed by atoms with van der Waals surface area (Å²) in [6.45, 7) is 4.46. The summed E-state index contributed by atoms with van der Waals surface area (Å²) >= 11 is 1.92. The lowest BCUT2D eigenvalue weighted by atomic mass is 10.0. The normalized spacial score (nSPS) is 10.9. The van der Waals surface area contributed by atoms with E-state index in [9.17, 15) is 0 Å². The van der Waals surface area contributed by atoms with Crippen molar-refractivity contribution in [2.45, 2.75) is 39.5 Å². The molecule has 1 aromatic heterocycles. The lowest BCUT2D eigenvalue weighted by Crippen LogP contribution is -1.83. The third-order valence-electron chi connectivity index (χ3n) is 4.15. The Morgan fingerprint density at radius 1 is 0.609 bits per heavy atom. The molecule has 0 bridgehead atoms. The van der Waals surface area contributed by atoms with E-state index in [-0.39, 0.29) is 0 Å². The van der Waals surface area contributed by atoms with Gasteiger partial charge in [-0.15, -0.1) is 11.3 Å². The van der Waals surface area contributed by atoms with E-state index < -0.39 is 0 Å². The van der Waals surface area contributed by atoms with E-state index in [4.69, 9.17) is 0 Å². The number of thiophene rings is 1. The quantitative estimate of drug-likeness (QED) is 0.459. The molecule has 0 N–H and O–H groups in total. The Hall–Kier alpha value is -1.86. The SMILES string of the molecule is CCCc1ccc(-c2ccc(-c3ccc(CCC)s3)cc2)cc1. The molecule has 3 aromatic rings. The van der Waals surface area contributed by atoms with Gasteiger partial charge in [0.15, 0.2) is 0 Å². The summed E-state index contributed by atoms with van der Waals surface area (Å²) in [4.78, 5) is 2.86. The first kappa shape index (κ1) is 16.0. The van der Waals surface area contributed by atoms with Crippen molar-refractivity contribution in [1.82, 2.24) is 0 Å². The Kier molecular flexibility index (Phi) is 5.30. The summed E-state index contributed by atoms with van der Waals surface area (Å²) in [6, 6.07) is 22.5. The lowest BCUT2D eigenvalue weighted by molar-refractivity contribution is 0.922. The average Bonchev–Trinajstić information content (AvgIpc) is 3.05. The zero-order valence-electron chi connectivity index (χ0n) is 14.0. The van der Waals surface area contributed by atoms with Gasteiger partial charge in [0.05, 0.1) is 0 Å². The Morgan fingerprint density at radius 2 is 1.17 bits per heavy atom. The average molecular weight is 321 g/mol. The van der Waals surface area contributed by atoms with Gasteiger partial charge < -0.3 is 0 Å². The van der Waals surface area contributed by atoms with E-state index in [1.54, 1.807) is 0 Å². The van der Waals surface area contributed by atoms with Crippen LogP contribution >= 0.6 is 11.3 Å². The topological polar surface area (TPSA) is 0 Å². The van der Waals surface area contributed by atoms with Crippen LogP contribution in [0.15, 0.2) is 60.7 Å². The second-order valence-electron chi connectivity index (χ2n) is 6.04. The summed E-state index contributed by atoms with van der Waals surface area (Å²) in [6.07, 6.45) is 4.77. The largest absolute Gasteiger partial charge is 0.140 e. The maximum absolute atomic E-state index is 2.27. The van der Waals surface area contributed by atoms with Crippen molar-refractivity contribution in [2.24, 2.45) is 0 Å². The fourth-order valence-corrected chi connectivity index (χ4v) is 4.01. The van der Waals surface area contributed by atoms with E-state index >= 15 is 0 Å². The molecule has 0 nitrogen and oxygen atoms in total. The molecule has 0 unspecified atom stereocenters. The molecule has 0 fully saturated rings. The molecule has 0 aliphatic heterocycles. The number of rotatable bonds is 6. The van der Waals surface area contributed by atoms with Gasteiger partial charge in [0.2, 0.25) is 0 Å². The van der Waals surface area contributed by atoms with Gasteiger partial charge in [0.25, 0.3) is 0 Å². The van der Waals surface area contributed by atoms with Crippen molar-refractivity contribution in [1.29, 1.82) is 0 Å². The van der Waals surface area contributed by atoms with Gasteiger partial charge in [-0.25, -0.2) is 0 Å². The van der Waals surface area contributed by atoms with Crippen LogP contribution in [0.1, 0.15) is 37.1 Å². The molecule has 0 aliphatic carbocycles. The van der Waals surface area contributed by atoms with Crippen molar-refractivity contribution < 1.29 is 0 Å². The third kappa shape index (κ3) is 3.92. The van der Waals surface area contributed by atoms with Gasteiger partial charge in [-0.05, 0) is 47.2 Å². The predicted molar refractivity (Wildman–Crippen MR) is 103 cm³/mol. The molecule has 0 amide bonds. The number of hydrogen-bond donors (Lipinski definition) is 0. The van der Waals surface area contributed by atoms with Crippen LogP contribution in [0.25, 0.3) is 21.6 Å². The van der Waals surface area contributed by atoms with Crippen LogP contribution < -0.4 is 0 Å². The summed E-state index contributed by atoms with van der Waals surface area (Å²) in [5.74, 6) is 0. The minimum Gasteiger partial charge on any atom is -0.140 e. The number of benzene rings is 2. The number of aryl methyl sites for hydroxylation is 2. The molecule has 0 atom stereocenters. The standard InChI is InChI=1S/C22H24S/c1-3-5-17-7-9-18(10-8-17)19-11-13-20(14-12-19)22-16-15-21(23-22)6-4-2/h7-16H,3-6H2,1-2H3. The minimum atomic E-state index is 1.16. The molecular weight excluding hydrogens is 296 g/mol. The maximum Gasteiger partial charge on any atom is 0.0345 e. The highest BCUT2D eigenvalue weighted by molar-refractivity contribution is 7.15. The van der Waals surface area contributed by atoms with E-state index in [0.717, 1.165) is 6.42 Å². The van der Waals surface area contributed by atoms with Crippen LogP contribution in [0.2, 0.25) is 0 Å². The summed E-state index contributed by atoms with van der Waals surface area (Å²) in [5.41, 5.74) is 5.34. The highest BCUT2D eigenvalue weighted by Crippen LogP contribution is 2.30. The van der Waals surface area contributed by atoms with Crippen LogP contribution in [-0.4, -0.2) is 0 Å². The van der Waals surface area contributed by atoms with E-state index in [1.807, 2.05) is 11.3 Å². The monoisotopic (exact) mass is 320 g/mol. The molecule has 0 radical (unpaired) electrons. The Labute approximate surface area is 143 Å². The van der Waals surface area contributed by atoms with Crippen LogP contribution in [0, 0.1) is 0 Å². The number of hydrogen-bond acceptors (Lipinski definition) is 1. The predicted octanol–water partition coefficient (Wildman–Crippen LogP) is 6.99. The molecule has 1 heteroatoms. The second-order valence-corrected chi connectivity index (χ2v) is 7.21. The second kappa shape index (κ2) is 7.61. The van der Waals surface area contributed by atoms with E-state index in [2.05, 4.69) is 74.5 Å². The molecule has 3 rings (SSSR count). The smallest absolute Gasteiger partial charge is 0.0345 e. The third-order valence-corrected chi connectivity index (χ3v) is 5.35. The van der Waals surface area contributed by atoms with Gasteiger partial charge in [-0.1, -0.05) is 75.2 Å². The molecule has 118 valence electrons. The van der Waals surface area contributed by atoms with Gasteiger partial charge in [-0.2, -0.15) is 0 Å². The summed E-state index contributed by atoms with van der Waals surface area (Å²) < 4.78 is 0. The molecular formula is C22H24S. The van der Waals surface area contributed by atoms with Crippen LogP contribution in [0.3, 0.4) is 0 Å². The first-order valence-electron chi connectivity index (χ1n) is 8.58. The maximum atomic E-state index is 2.27. The summed E-state index contributed by atoms with van der Waals surface area (Å²) in [5, 5.41) is 0. The zero-order chi connectivity index (χ0) is 16.1. The van der Waals surface area contributed by atoms with Crippen molar-refractivity contribution in [3.05, 3.63) is 71.1 Å². The van der Waals surface area contributed by atoms with Crippen molar-refractivity contribution >= 4 is 11.3 Å². The first-order chi connectivity index (χ1) is 11.3. The minimum absolute atomic E-state index is 1.16. The Morgan fingerprint density at radius 3 is 1.78 bits per heavy atom. The Bertz CT molecular complexity index is 732. The van der Waals surface area contributed by atoms with Crippen molar-refractivity contribution in [3.63, 3.8) is 0 Å². The lowest BCUT2D eigenvalue weighted by Gasteiger charge is -2.05. The van der Waals surface area contributed by atoms with E-state index in [1.165, 1.54) is 51.3 Å².